The van der Waals surface area contributed by atoms with Crippen LogP contribution >= 0.6 is 0 Å². The zero-order valence-corrected chi connectivity index (χ0v) is 15.9. The normalized spacial score (nSPS) is 20.9. The van der Waals surface area contributed by atoms with Gasteiger partial charge in [-0.05, 0) is 51.2 Å². The molecule has 1 aromatic carbocycles. The number of nitrogens with zero attached hydrogens (tertiary/aromatic N) is 2. The molecule has 0 spiro atoms. The molecule has 0 saturated carbocycles. The van der Waals surface area contributed by atoms with Crippen molar-refractivity contribution in [2.75, 3.05) is 16.8 Å². The Labute approximate surface area is 153 Å². The Hall–Kier alpha value is -2.15. The van der Waals surface area contributed by atoms with Gasteiger partial charge in [-0.25, -0.2) is 8.42 Å². The Kier molecular flexibility index (Phi) is 4.14. The molecule has 1 atom stereocenters. The average molecular weight is 373 g/mol. The number of aryl methyl sites for hydroxylation is 3. The van der Waals surface area contributed by atoms with Gasteiger partial charge in [0, 0.05) is 11.3 Å². The number of hydrogen-bond donors (Lipinski definition) is 1. The van der Waals surface area contributed by atoms with Gasteiger partial charge in [0.15, 0.2) is 9.84 Å². The van der Waals surface area contributed by atoms with E-state index in [0.29, 0.717) is 12.1 Å². The lowest BCUT2D eigenvalue weighted by atomic mass is 10.1. The molecule has 1 aromatic heterocycles. The maximum Gasteiger partial charge on any atom is 0.274 e. The monoisotopic (exact) mass is 373 g/mol. The van der Waals surface area contributed by atoms with Crippen LogP contribution in [-0.2, 0) is 22.7 Å². The fraction of sp³-hybridized carbons (Fsp3) is 0.474. The maximum absolute atomic E-state index is 13.1. The van der Waals surface area contributed by atoms with Crippen LogP contribution in [0.4, 0.5) is 5.69 Å². The predicted molar refractivity (Wildman–Crippen MR) is 100 cm³/mol. The number of hydrogen-bond acceptors (Lipinski definition) is 4. The van der Waals surface area contributed by atoms with E-state index in [0.717, 1.165) is 47.3 Å². The molecule has 6 nitrogen and oxygen atoms in total. The molecule has 1 saturated heterocycles. The van der Waals surface area contributed by atoms with Gasteiger partial charge in [-0.3, -0.25) is 9.48 Å². The fourth-order valence-corrected chi connectivity index (χ4v) is 5.71. The van der Waals surface area contributed by atoms with Crippen LogP contribution in [0.25, 0.3) is 0 Å². The number of nitrogens with one attached hydrogen (secondary N) is 1. The highest BCUT2D eigenvalue weighted by Gasteiger charge is 2.35. The van der Waals surface area contributed by atoms with E-state index in [-0.39, 0.29) is 23.5 Å². The van der Waals surface area contributed by atoms with Crippen molar-refractivity contribution in [3.8, 4) is 0 Å². The van der Waals surface area contributed by atoms with Crippen LogP contribution in [0.5, 0.6) is 0 Å². The number of amides is 1. The SMILES string of the molecule is Cc1ccc(NC(=O)c2c3c(nn2C2CCS(=O)(=O)C2)CCC3)c(C)c1. The Balaban J connectivity index is 1.70. The van der Waals surface area contributed by atoms with Crippen molar-refractivity contribution in [2.45, 2.75) is 45.6 Å². The number of sulfone groups is 1. The van der Waals surface area contributed by atoms with Gasteiger partial charge in [-0.2, -0.15) is 5.10 Å². The molecule has 2 aromatic rings. The number of rotatable bonds is 3. The van der Waals surface area contributed by atoms with E-state index in [2.05, 4.69) is 10.4 Å². The number of carbonyl (C=O) groups excluding carboxylic acids is 1. The number of carbonyl (C=O) groups is 1. The number of anilines is 1. The lowest BCUT2D eigenvalue weighted by Crippen LogP contribution is -2.23. The average Bonchev–Trinajstić information content (AvgIpc) is 3.23. The Bertz CT molecular complexity index is 992. The molecule has 138 valence electrons. The lowest BCUT2D eigenvalue weighted by Gasteiger charge is -2.15. The molecule has 1 unspecified atom stereocenters. The van der Waals surface area contributed by atoms with Crippen LogP contribution in [0.2, 0.25) is 0 Å². The van der Waals surface area contributed by atoms with Crippen LogP contribution in [0, 0.1) is 13.8 Å². The molecule has 1 aliphatic carbocycles. The molecule has 2 heterocycles. The third-order valence-corrected chi connectivity index (χ3v) is 7.08. The van der Waals surface area contributed by atoms with Crippen LogP contribution in [0.15, 0.2) is 18.2 Å². The minimum Gasteiger partial charge on any atom is -0.320 e. The summed E-state index contributed by atoms with van der Waals surface area (Å²) in [5, 5.41) is 7.63. The van der Waals surface area contributed by atoms with E-state index in [1.807, 2.05) is 32.0 Å². The third kappa shape index (κ3) is 3.05. The van der Waals surface area contributed by atoms with Crippen molar-refractivity contribution in [2.24, 2.45) is 0 Å². The van der Waals surface area contributed by atoms with E-state index >= 15 is 0 Å². The Morgan fingerprint density at radius 2 is 2.08 bits per heavy atom. The van der Waals surface area contributed by atoms with Gasteiger partial charge in [0.25, 0.3) is 5.91 Å². The summed E-state index contributed by atoms with van der Waals surface area (Å²) in [7, 11) is -3.04. The smallest absolute Gasteiger partial charge is 0.274 e. The predicted octanol–water partition coefficient (Wildman–Crippen LogP) is 2.60. The van der Waals surface area contributed by atoms with Gasteiger partial charge >= 0.3 is 0 Å². The third-order valence-electron chi connectivity index (χ3n) is 5.33. The molecule has 2 aliphatic rings. The minimum absolute atomic E-state index is 0.0669. The fourth-order valence-electron chi connectivity index (χ4n) is 4.02. The van der Waals surface area contributed by atoms with Crippen LogP contribution in [0.1, 0.15) is 51.8 Å². The van der Waals surface area contributed by atoms with Gasteiger partial charge in [0.2, 0.25) is 0 Å². The van der Waals surface area contributed by atoms with Crippen molar-refractivity contribution >= 4 is 21.4 Å². The largest absolute Gasteiger partial charge is 0.320 e. The summed E-state index contributed by atoms with van der Waals surface area (Å²) in [5.41, 5.74) is 5.39. The molecule has 1 N–H and O–H groups in total. The second kappa shape index (κ2) is 6.23. The molecule has 26 heavy (non-hydrogen) atoms. The standard InChI is InChI=1S/C19H23N3O3S/c1-12-6-7-16(13(2)10-12)20-19(23)18-15-4-3-5-17(15)21-22(18)14-8-9-26(24,25)11-14/h6-7,10,14H,3-5,8-9,11H2,1-2H3,(H,20,23). The number of benzene rings is 1. The van der Waals surface area contributed by atoms with Crippen LogP contribution < -0.4 is 5.32 Å². The van der Waals surface area contributed by atoms with Gasteiger partial charge in [0.1, 0.15) is 5.69 Å². The van der Waals surface area contributed by atoms with E-state index < -0.39 is 9.84 Å². The first-order valence-electron chi connectivity index (χ1n) is 9.03. The maximum atomic E-state index is 13.1. The summed E-state index contributed by atoms with van der Waals surface area (Å²) in [6.07, 6.45) is 3.19. The zero-order valence-electron chi connectivity index (χ0n) is 15.1. The zero-order chi connectivity index (χ0) is 18.5. The molecular weight excluding hydrogens is 350 g/mol. The molecule has 1 fully saturated rings. The number of aromatic nitrogens is 2. The Morgan fingerprint density at radius 1 is 1.27 bits per heavy atom. The first-order chi connectivity index (χ1) is 12.3. The van der Waals surface area contributed by atoms with Crippen molar-refractivity contribution in [1.82, 2.24) is 9.78 Å². The first-order valence-corrected chi connectivity index (χ1v) is 10.9. The highest BCUT2D eigenvalue weighted by atomic mass is 32.2. The lowest BCUT2D eigenvalue weighted by molar-refractivity contribution is 0.101. The highest BCUT2D eigenvalue weighted by molar-refractivity contribution is 7.91. The summed E-state index contributed by atoms with van der Waals surface area (Å²) in [6, 6.07) is 5.66. The first kappa shape index (κ1) is 17.3. The van der Waals surface area contributed by atoms with Crippen molar-refractivity contribution in [1.29, 1.82) is 0 Å². The van der Waals surface area contributed by atoms with E-state index in [1.54, 1.807) is 4.68 Å². The molecule has 0 bridgehead atoms. The topological polar surface area (TPSA) is 81.1 Å². The molecule has 0 radical (unpaired) electrons. The van der Waals surface area contributed by atoms with E-state index in [9.17, 15) is 13.2 Å². The molecule has 1 amide bonds. The summed E-state index contributed by atoms with van der Waals surface area (Å²) in [5.74, 6) is 0.0365. The van der Waals surface area contributed by atoms with Crippen LogP contribution in [0.3, 0.4) is 0 Å². The molecule has 7 heteroatoms. The molecular formula is C19H23N3O3S. The molecule has 4 rings (SSSR count). The highest BCUT2D eigenvalue weighted by Crippen LogP contribution is 2.32. The minimum atomic E-state index is -3.04. The van der Waals surface area contributed by atoms with E-state index in [1.165, 1.54) is 0 Å². The summed E-state index contributed by atoms with van der Waals surface area (Å²) < 4.78 is 25.5. The Morgan fingerprint density at radius 3 is 2.77 bits per heavy atom. The van der Waals surface area contributed by atoms with Crippen LogP contribution in [-0.4, -0.2) is 35.6 Å². The second-order valence-electron chi connectivity index (χ2n) is 7.40. The van der Waals surface area contributed by atoms with Gasteiger partial charge < -0.3 is 5.32 Å². The van der Waals surface area contributed by atoms with Gasteiger partial charge in [-0.15, -0.1) is 0 Å². The second-order valence-corrected chi connectivity index (χ2v) is 9.63. The summed E-state index contributed by atoms with van der Waals surface area (Å²) >= 11 is 0. The quantitative estimate of drug-likeness (QED) is 0.897. The van der Waals surface area contributed by atoms with Crippen molar-refractivity contribution < 1.29 is 13.2 Å². The van der Waals surface area contributed by atoms with Crippen molar-refractivity contribution in [3.05, 3.63) is 46.3 Å². The summed E-state index contributed by atoms with van der Waals surface area (Å²) in [4.78, 5) is 13.1. The van der Waals surface area contributed by atoms with Gasteiger partial charge in [0.05, 0.1) is 23.2 Å². The number of fused-ring (bicyclic) bond motifs is 1. The van der Waals surface area contributed by atoms with E-state index in [4.69, 9.17) is 0 Å². The molecule has 1 aliphatic heterocycles. The van der Waals surface area contributed by atoms with Gasteiger partial charge in [-0.1, -0.05) is 17.7 Å². The van der Waals surface area contributed by atoms with Crippen molar-refractivity contribution in [3.63, 3.8) is 0 Å². The summed E-state index contributed by atoms with van der Waals surface area (Å²) in [6.45, 7) is 3.98.